The van der Waals surface area contributed by atoms with Crippen molar-refractivity contribution in [1.82, 2.24) is 6.15 Å². The van der Waals surface area contributed by atoms with E-state index in [0.717, 1.165) is 27.7 Å². The van der Waals surface area contributed by atoms with Crippen LogP contribution in [0.25, 0.3) is 0 Å². The number of carboxylic acids is 4. The Bertz CT molecular complexity index is 173. The molecule has 124 valence electrons. The van der Waals surface area contributed by atoms with E-state index in [1.807, 2.05) is 0 Å². The van der Waals surface area contributed by atoms with Crippen LogP contribution in [0.4, 0.5) is 0 Å². The molecular weight excluding hydrogens is 316 g/mol. The van der Waals surface area contributed by atoms with E-state index in [1.54, 1.807) is 0 Å². The SMILES string of the molecule is CC(=O)O.CC(=O)O.CC(=O)O.CC(=O)O.N.O.O.[NaH].[NaH]. The molecule has 0 unspecified atom stereocenters. The minimum atomic E-state index is -0.833. The van der Waals surface area contributed by atoms with Gasteiger partial charge in [-0.3, -0.25) is 19.2 Å². The van der Waals surface area contributed by atoms with Gasteiger partial charge >= 0.3 is 59.1 Å². The molecule has 0 rings (SSSR count). The molecule has 0 aromatic heterocycles. The Morgan fingerprint density at radius 1 is 0.524 bits per heavy atom. The first kappa shape index (κ1) is 58.6. The predicted molar refractivity (Wildman–Crippen MR) is 79.8 cm³/mol. The van der Waals surface area contributed by atoms with Crippen molar-refractivity contribution in [2.24, 2.45) is 0 Å². The second-order valence-corrected chi connectivity index (χ2v) is 2.08. The zero-order valence-electron chi connectivity index (χ0n) is 11.1. The molecule has 11 nitrogen and oxygen atoms in total. The van der Waals surface area contributed by atoms with Crippen molar-refractivity contribution in [2.45, 2.75) is 27.7 Å². The van der Waals surface area contributed by atoms with Crippen LogP contribution in [0, 0.1) is 0 Å². The van der Waals surface area contributed by atoms with Crippen molar-refractivity contribution < 1.29 is 50.6 Å². The number of aliphatic carboxylic acids is 4. The summed E-state index contributed by atoms with van der Waals surface area (Å²) in [6, 6.07) is 0. The Kier molecular flexibility index (Phi) is 140. The Hall–Kier alpha value is -0.240. The van der Waals surface area contributed by atoms with E-state index in [1.165, 1.54) is 0 Å². The molecule has 0 bridgehead atoms. The molecule has 0 radical (unpaired) electrons. The Morgan fingerprint density at radius 2 is 0.524 bits per heavy atom. The van der Waals surface area contributed by atoms with E-state index < -0.39 is 23.9 Å². The molecule has 21 heavy (non-hydrogen) atoms. The number of hydrogen-bond donors (Lipinski definition) is 5. The van der Waals surface area contributed by atoms with Gasteiger partial charge in [-0.05, 0) is 0 Å². The summed E-state index contributed by atoms with van der Waals surface area (Å²) in [7, 11) is 0. The topological polar surface area (TPSA) is 247 Å². The average molecular weight is 341 g/mol. The first-order valence-corrected chi connectivity index (χ1v) is 3.71. The first-order valence-electron chi connectivity index (χ1n) is 3.71. The molecule has 13 heteroatoms. The van der Waals surface area contributed by atoms with Gasteiger partial charge in [0.15, 0.2) is 0 Å². The quantitative estimate of drug-likeness (QED) is 0.293. The second-order valence-electron chi connectivity index (χ2n) is 2.08. The minimum absolute atomic E-state index is 0. The molecule has 0 aliphatic carbocycles. The Morgan fingerprint density at radius 3 is 0.524 bits per heavy atom. The van der Waals surface area contributed by atoms with Gasteiger partial charge < -0.3 is 37.5 Å². The zero-order valence-corrected chi connectivity index (χ0v) is 11.1. The van der Waals surface area contributed by atoms with Gasteiger partial charge in [-0.15, -0.1) is 0 Å². The second kappa shape index (κ2) is 50.3. The molecule has 0 saturated carbocycles. The summed E-state index contributed by atoms with van der Waals surface area (Å²) in [6.07, 6.45) is 0. The average Bonchev–Trinajstić information content (AvgIpc) is 1.76. The Balaban J connectivity index is -0.0000000121. The number of rotatable bonds is 0. The molecule has 0 atom stereocenters. The third-order valence-corrected chi connectivity index (χ3v) is 0. The van der Waals surface area contributed by atoms with E-state index in [9.17, 15) is 0 Å². The number of carbonyl (C=O) groups is 4. The van der Waals surface area contributed by atoms with Crippen LogP contribution >= 0.6 is 0 Å². The van der Waals surface area contributed by atoms with Crippen LogP contribution in [0.15, 0.2) is 0 Å². The van der Waals surface area contributed by atoms with Gasteiger partial charge in [-0.2, -0.15) is 0 Å². The number of hydrogen-bond acceptors (Lipinski definition) is 5. The summed E-state index contributed by atoms with van der Waals surface area (Å²) >= 11 is 0. The third-order valence-electron chi connectivity index (χ3n) is 0. The van der Waals surface area contributed by atoms with Crippen LogP contribution in [0.2, 0.25) is 0 Å². The molecule has 0 spiro atoms. The fourth-order valence-corrected chi connectivity index (χ4v) is 0. The fraction of sp³-hybridized carbons (Fsp3) is 0.500. The maximum absolute atomic E-state index is 9.00. The van der Waals surface area contributed by atoms with Crippen molar-refractivity contribution in [1.29, 1.82) is 0 Å². The summed E-state index contributed by atoms with van der Waals surface area (Å²) in [6.45, 7) is 4.33. The maximum atomic E-state index is 9.00. The molecular formula is C8H25NNa2O10. The summed E-state index contributed by atoms with van der Waals surface area (Å²) in [5, 5.41) is 29.7. The third kappa shape index (κ3) is 108000. The van der Waals surface area contributed by atoms with Crippen LogP contribution in [-0.2, 0) is 19.2 Å². The van der Waals surface area contributed by atoms with Crippen LogP contribution in [-0.4, -0.2) is 114 Å². The van der Waals surface area contributed by atoms with Crippen molar-refractivity contribution in [3.05, 3.63) is 0 Å². The fourth-order valence-electron chi connectivity index (χ4n) is 0. The van der Waals surface area contributed by atoms with Crippen LogP contribution in [0.3, 0.4) is 0 Å². The summed E-state index contributed by atoms with van der Waals surface area (Å²) in [5.74, 6) is -3.33. The Labute approximate surface area is 166 Å². The van der Waals surface area contributed by atoms with Gasteiger partial charge in [0.25, 0.3) is 23.9 Å². The molecule has 0 fully saturated rings. The molecule has 0 amide bonds. The molecule has 0 aromatic carbocycles. The van der Waals surface area contributed by atoms with Crippen LogP contribution in [0.5, 0.6) is 0 Å². The van der Waals surface area contributed by atoms with Gasteiger partial charge in [0.1, 0.15) is 0 Å². The normalized spacial score (nSPS) is 4.76. The molecule has 0 heterocycles. The van der Waals surface area contributed by atoms with Crippen molar-refractivity contribution in [3.8, 4) is 0 Å². The van der Waals surface area contributed by atoms with Gasteiger partial charge in [-0.1, -0.05) is 0 Å². The standard InChI is InChI=1S/4C2H4O2.H3N.2Na.2H2O.2H/c4*1-2(3)4;;;;;;;/h4*1H3,(H,3,4);1H3;;;2*1H2;;. The van der Waals surface area contributed by atoms with E-state index in [-0.39, 0.29) is 76.2 Å². The van der Waals surface area contributed by atoms with Crippen molar-refractivity contribution in [2.75, 3.05) is 0 Å². The predicted octanol–water partition coefficient (Wildman–Crippen LogP) is -2.42. The van der Waals surface area contributed by atoms with E-state index in [2.05, 4.69) is 0 Å². The van der Waals surface area contributed by atoms with Gasteiger partial charge in [0.2, 0.25) is 0 Å². The molecule has 0 saturated heterocycles. The van der Waals surface area contributed by atoms with Crippen LogP contribution < -0.4 is 6.15 Å². The van der Waals surface area contributed by atoms with Crippen LogP contribution in [0.1, 0.15) is 27.7 Å². The van der Waals surface area contributed by atoms with E-state index >= 15 is 0 Å². The molecule has 0 aliphatic heterocycles. The van der Waals surface area contributed by atoms with Gasteiger partial charge in [0.05, 0.1) is 0 Å². The summed E-state index contributed by atoms with van der Waals surface area (Å²) < 4.78 is 0. The van der Waals surface area contributed by atoms with Gasteiger partial charge in [-0.25, -0.2) is 0 Å². The summed E-state index contributed by atoms with van der Waals surface area (Å²) in [4.78, 5) is 36.0. The van der Waals surface area contributed by atoms with E-state index in [4.69, 9.17) is 39.6 Å². The first-order chi connectivity index (χ1) is 6.93. The van der Waals surface area contributed by atoms with Crippen molar-refractivity contribution >= 4 is 83.0 Å². The summed E-state index contributed by atoms with van der Waals surface area (Å²) in [5.41, 5.74) is 0. The molecule has 0 aromatic rings. The zero-order chi connectivity index (χ0) is 14.3. The monoisotopic (exact) mass is 341 g/mol. The molecule has 0 aliphatic rings. The van der Waals surface area contributed by atoms with Crippen molar-refractivity contribution in [3.63, 3.8) is 0 Å². The number of carboxylic acid groups (broad SMARTS) is 4. The molecule has 11 N–H and O–H groups in total. The van der Waals surface area contributed by atoms with Gasteiger partial charge in [0, 0.05) is 27.7 Å². The van der Waals surface area contributed by atoms with E-state index in [0.29, 0.717) is 0 Å².